The molecule has 3 amide bonds. The number of fused-ring (bicyclic) bond motifs is 5. The zero-order valence-electron chi connectivity index (χ0n) is 18.4. The number of hydrogen-bond donors (Lipinski definition) is 0. The molecule has 176 valence electrons. The van der Waals surface area contributed by atoms with Crippen molar-refractivity contribution in [3.05, 3.63) is 63.6 Å². The van der Waals surface area contributed by atoms with Gasteiger partial charge in [-0.3, -0.25) is 19.2 Å². The summed E-state index contributed by atoms with van der Waals surface area (Å²) in [4.78, 5) is 53.6. The first-order valence-electron chi connectivity index (χ1n) is 11.1. The summed E-state index contributed by atoms with van der Waals surface area (Å²) in [6.45, 7) is -0.488. The van der Waals surface area contributed by atoms with E-state index in [9.17, 15) is 19.2 Å². The highest BCUT2D eigenvalue weighted by Crippen LogP contribution is 2.56. The summed E-state index contributed by atoms with van der Waals surface area (Å²) in [6, 6.07) is 10.8. The number of rotatable bonds is 6. The predicted molar refractivity (Wildman–Crippen MR) is 124 cm³/mol. The molecule has 1 saturated heterocycles. The number of amides is 3. The highest BCUT2D eigenvalue weighted by Gasteiger charge is 2.62. The fourth-order valence-electron chi connectivity index (χ4n) is 5.67. The lowest BCUT2D eigenvalue weighted by atomic mass is 9.81. The van der Waals surface area contributed by atoms with Crippen LogP contribution in [0.15, 0.2) is 42.5 Å². The monoisotopic (exact) mass is 500 g/mol. The van der Waals surface area contributed by atoms with Gasteiger partial charge in [-0.15, -0.1) is 0 Å². The van der Waals surface area contributed by atoms with Gasteiger partial charge in [0.1, 0.15) is 12.3 Å². The van der Waals surface area contributed by atoms with Crippen LogP contribution in [0, 0.1) is 23.7 Å². The quantitative estimate of drug-likeness (QED) is 0.436. The Bertz CT molecular complexity index is 1190. The SMILES string of the molecule is COc1cccc(C(=O)CN(C(=O)c2ccc(Cl)c(Cl)c2)N2C(=O)[C@H]3[C@H]4CC[C@@H](C4)[C@@H]3C2=O)c1. The van der Waals surface area contributed by atoms with Crippen LogP contribution in [0.5, 0.6) is 5.75 Å². The number of hydrazine groups is 1. The third-order valence-corrected chi connectivity index (χ3v) is 7.97. The van der Waals surface area contributed by atoms with Crippen molar-refractivity contribution in [3.63, 3.8) is 0 Å². The Kier molecular flexibility index (Phi) is 5.86. The molecule has 1 aliphatic heterocycles. The summed E-state index contributed by atoms with van der Waals surface area (Å²) < 4.78 is 5.19. The van der Waals surface area contributed by atoms with Gasteiger partial charge >= 0.3 is 0 Å². The minimum atomic E-state index is -0.677. The van der Waals surface area contributed by atoms with Crippen LogP contribution >= 0.6 is 23.2 Å². The normalized spacial score (nSPS) is 25.0. The molecule has 0 N–H and O–H groups in total. The van der Waals surface area contributed by atoms with E-state index < -0.39 is 41.9 Å². The highest BCUT2D eigenvalue weighted by molar-refractivity contribution is 6.42. The molecule has 2 aliphatic carbocycles. The maximum Gasteiger partial charge on any atom is 0.273 e. The van der Waals surface area contributed by atoms with Gasteiger partial charge in [0.25, 0.3) is 17.7 Å². The molecular weight excluding hydrogens is 479 g/mol. The summed E-state index contributed by atoms with van der Waals surface area (Å²) in [6.07, 6.45) is 2.68. The lowest BCUT2D eigenvalue weighted by molar-refractivity contribution is -0.154. The fourth-order valence-corrected chi connectivity index (χ4v) is 5.96. The topological polar surface area (TPSA) is 84.0 Å². The Hall–Kier alpha value is -2.90. The van der Waals surface area contributed by atoms with E-state index in [-0.39, 0.29) is 27.4 Å². The van der Waals surface area contributed by atoms with Crippen molar-refractivity contribution in [2.75, 3.05) is 13.7 Å². The molecule has 9 heteroatoms. The minimum absolute atomic E-state index is 0.119. The number of carbonyl (C=O) groups excluding carboxylic acids is 4. The Morgan fingerprint density at radius 3 is 2.26 bits per heavy atom. The van der Waals surface area contributed by atoms with E-state index in [4.69, 9.17) is 27.9 Å². The Balaban J connectivity index is 1.51. The number of halogens is 2. The first-order valence-corrected chi connectivity index (χ1v) is 11.9. The number of ketones is 1. The van der Waals surface area contributed by atoms with Crippen molar-refractivity contribution >= 4 is 46.7 Å². The van der Waals surface area contributed by atoms with Gasteiger partial charge in [0, 0.05) is 11.1 Å². The van der Waals surface area contributed by atoms with Gasteiger partial charge in [-0.2, -0.15) is 5.01 Å². The average Bonchev–Trinajstić information content (AvgIpc) is 3.52. The molecule has 4 atom stereocenters. The lowest BCUT2D eigenvalue weighted by Gasteiger charge is -2.31. The number of hydrogen-bond acceptors (Lipinski definition) is 5. The molecule has 1 heterocycles. The molecular formula is C25H22Cl2N2O5. The smallest absolute Gasteiger partial charge is 0.273 e. The van der Waals surface area contributed by atoms with Crippen molar-refractivity contribution in [1.82, 2.24) is 10.0 Å². The Morgan fingerprint density at radius 1 is 0.971 bits per heavy atom. The first kappa shape index (κ1) is 22.9. The molecule has 2 bridgehead atoms. The highest BCUT2D eigenvalue weighted by atomic mass is 35.5. The summed E-state index contributed by atoms with van der Waals surface area (Å²) in [5.74, 6) is -2.02. The second-order valence-electron chi connectivity index (χ2n) is 9.02. The molecule has 3 fully saturated rings. The number of ether oxygens (including phenoxy) is 1. The molecule has 0 unspecified atom stereocenters. The van der Waals surface area contributed by atoms with E-state index in [0.29, 0.717) is 11.3 Å². The van der Waals surface area contributed by atoms with Crippen LogP contribution in [-0.2, 0) is 9.59 Å². The third-order valence-electron chi connectivity index (χ3n) is 7.23. The Morgan fingerprint density at radius 2 is 1.65 bits per heavy atom. The summed E-state index contributed by atoms with van der Waals surface area (Å²) in [5, 5.41) is 2.28. The number of Topliss-reactive ketones (excluding diaryl/α,β-unsaturated/α-hetero) is 1. The van der Waals surface area contributed by atoms with Gasteiger partial charge in [-0.25, -0.2) is 5.01 Å². The third kappa shape index (κ3) is 3.67. The Labute approximate surface area is 206 Å². The van der Waals surface area contributed by atoms with Crippen molar-refractivity contribution in [3.8, 4) is 5.75 Å². The molecule has 2 aromatic rings. The molecule has 0 spiro atoms. The number of nitrogens with zero attached hydrogens (tertiary/aromatic N) is 2. The number of carbonyl (C=O) groups is 4. The van der Waals surface area contributed by atoms with Crippen molar-refractivity contribution in [1.29, 1.82) is 0 Å². The van der Waals surface area contributed by atoms with Gasteiger partial charge in [-0.05, 0) is 61.4 Å². The van der Waals surface area contributed by atoms with Crippen LogP contribution in [0.1, 0.15) is 40.0 Å². The van der Waals surface area contributed by atoms with E-state index in [1.807, 2.05) is 0 Å². The molecule has 0 radical (unpaired) electrons. The van der Waals surface area contributed by atoms with E-state index in [2.05, 4.69) is 0 Å². The van der Waals surface area contributed by atoms with Gasteiger partial charge in [0.05, 0.1) is 29.0 Å². The maximum atomic E-state index is 13.6. The minimum Gasteiger partial charge on any atom is -0.497 e. The number of methoxy groups -OCH3 is 1. The average molecular weight is 501 g/mol. The summed E-state index contributed by atoms with van der Waals surface area (Å²) in [7, 11) is 1.48. The van der Waals surface area contributed by atoms with Gasteiger partial charge in [-0.1, -0.05) is 35.3 Å². The fraction of sp³-hybridized carbons (Fsp3) is 0.360. The van der Waals surface area contributed by atoms with E-state index >= 15 is 0 Å². The second kappa shape index (κ2) is 8.71. The standard InChI is InChI=1S/C25H22Cl2N2O5/c1-34-17-4-2-3-13(10-17)20(30)12-28(23(31)16-7-8-18(26)19(27)11-16)29-24(32)21-14-5-6-15(9-14)22(21)25(29)33/h2-4,7-8,10-11,14-15,21-22H,5-6,9,12H2,1H3/t14-,15-,21-,22-/m0/s1. The van der Waals surface area contributed by atoms with Gasteiger partial charge in [0.15, 0.2) is 5.78 Å². The molecule has 0 aromatic heterocycles. The molecule has 2 aromatic carbocycles. The molecule has 3 aliphatic rings. The van der Waals surface area contributed by atoms with Crippen molar-refractivity contribution in [2.24, 2.45) is 23.7 Å². The van der Waals surface area contributed by atoms with Crippen LogP contribution in [0.4, 0.5) is 0 Å². The first-order chi connectivity index (χ1) is 16.3. The number of imide groups is 1. The lowest BCUT2D eigenvalue weighted by Crippen LogP contribution is -2.52. The molecule has 34 heavy (non-hydrogen) atoms. The van der Waals surface area contributed by atoms with E-state index in [1.165, 1.54) is 25.3 Å². The van der Waals surface area contributed by atoms with E-state index in [0.717, 1.165) is 29.3 Å². The van der Waals surface area contributed by atoms with E-state index in [1.54, 1.807) is 24.3 Å². The van der Waals surface area contributed by atoms with Crippen molar-refractivity contribution < 1.29 is 23.9 Å². The molecule has 5 rings (SSSR count). The zero-order valence-corrected chi connectivity index (χ0v) is 19.9. The van der Waals surface area contributed by atoms with Crippen LogP contribution in [0.25, 0.3) is 0 Å². The summed E-state index contributed by atoms with van der Waals surface area (Å²) in [5.41, 5.74) is 0.416. The molecule has 2 saturated carbocycles. The largest absolute Gasteiger partial charge is 0.497 e. The zero-order chi connectivity index (χ0) is 24.1. The molecule has 7 nitrogen and oxygen atoms in total. The van der Waals surface area contributed by atoms with Crippen molar-refractivity contribution in [2.45, 2.75) is 19.3 Å². The summed E-state index contributed by atoms with van der Waals surface area (Å²) >= 11 is 12.1. The van der Waals surface area contributed by atoms with Gasteiger partial charge in [0.2, 0.25) is 0 Å². The van der Waals surface area contributed by atoms with Crippen LogP contribution in [0.3, 0.4) is 0 Å². The number of benzene rings is 2. The second-order valence-corrected chi connectivity index (χ2v) is 9.83. The van der Waals surface area contributed by atoms with Crippen LogP contribution < -0.4 is 4.74 Å². The van der Waals surface area contributed by atoms with Gasteiger partial charge < -0.3 is 4.74 Å². The van der Waals surface area contributed by atoms with Crippen LogP contribution in [0.2, 0.25) is 10.0 Å². The van der Waals surface area contributed by atoms with Crippen LogP contribution in [-0.4, -0.2) is 47.2 Å². The predicted octanol–water partition coefficient (Wildman–Crippen LogP) is 4.27. The maximum absolute atomic E-state index is 13.6.